The average Bonchev–Trinajstić information content (AvgIpc) is 3.07. The summed E-state index contributed by atoms with van der Waals surface area (Å²) in [5.74, 6) is -0.0248. The molecule has 0 aliphatic carbocycles. The summed E-state index contributed by atoms with van der Waals surface area (Å²) < 4.78 is 5.48. The van der Waals surface area contributed by atoms with Gasteiger partial charge in [0.2, 0.25) is 0 Å². The lowest BCUT2D eigenvalue weighted by molar-refractivity contribution is -0.134. The number of nitrogens with zero attached hydrogens (tertiary/aromatic N) is 1. The quantitative estimate of drug-likeness (QED) is 0.848. The van der Waals surface area contributed by atoms with Crippen molar-refractivity contribution in [1.29, 1.82) is 0 Å². The zero-order chi connectivity index (χ0) is 15.2. The highest BCUT2D eigenvalue weighted by Crippen LogP contribution is 2.16. The molecule has 0 saturated carbocycles. The van der Waals surface area contributed by atoms with Gasteiger partial charge in [-0.2, -0.15) is 0 Å². The zero-order valence-corrected chi connectivity index (χ0v) is 13.0. The lowest BCUT2D eigenvalue weighted by Gasteiger charge is -2.23. The fourth-order valence-corrected chi connectivity index (χ4v) is 3.10. The molecule has 1 aromatic carbocycles. The van der Waals surface area contributed by atoms with Gasteiger partial charge in [-0.05, 0) is 37.1 Å². The molecule has 1 aromatic rings. The molecule has 120 valence electrons. The SMILES string of the molecule is O=C(NCc1ccccc1CN1CCCC1)C1CNCCO1. The molecule has 2 aliphatic heterocycles. The highest BCUT2D eigenvalue weighted by atomic mass is 16.5. The van der Waals surface area contributed by atoms with Crippen LogP contribution in [0.3, 0.4) is 0 Å². The normalized spacial score (nSPS) is 22.6. The molecule has 1 atom stereocenters. The average molecular weight is 303 g/mol. The summed E-state index contributed by atoms with van der Waals surface area (Å²) in [7, 11) is 0. The maximum absolute atomic E-state index is 12.1. The number of hydrogen-bond donors (Lipinski definition) is 2. The highest BCUT2D eigenvalue weighted by molar-refractivity contribution is 5.81. The molecule has 0 bridgehead atoms. The first-order chi connectivity index (χ1) is 10.8. The Morgan fingerprint density at radius 2 is 2.05 bits per heavy atom. The van der Waals surface area contributed by atoms with Crippen LogP contribution in [-0.4, -0.2) is 49.7 Å². The Balaban J connectivity index is 1.56. The fraction of sp³-hybridized carbons (Fsp3) is 0.588. The van der Waals surface area contributed by atoms with Crippen LogP contribution >= 0.6 is 0 Å². The Bertz CT molecular complexity index is 494. The smallest absolute Gasteiger partial charge is 0.250 e. The van der Waals surface area contributed by atoms with Crippen LogP contribution in [0.5, 0.6) is 0 Å². The third-order valence-corrected chi connectivity index (χ3v) is 4.38. The van der Waals surface area contributed by atoms with Crippen molar-refractivity contribution in [3.05, 3.63) is 35.4 Å². The van der Waals surface area contributed by atoms with Gasteiger partial charge >= 0.3 is 0 Å². The molecular weight excluding hydrogens is 278 g/mol. The summed E-state index contributed by atoms with van der Waals surface area (Å²) in [6.07, 6.45) is 2.23. The molecule has 2 fully saturated rings. The van der Waals surface area contributed by atoms with E-state index in [9.17, 15) is 4.79 Å². The molecule has 5 nitrogen and oxygen atoms in total. The summed E-state index contributed by atoms with van der Waals surface area (Å²) in [4.78, 5) is 14.6. The second-order valence-corrected chi connectivity index (χ2v) is 6.03. The molecule has 22 heavy (non-hydrogen) atoms. The van der Waals surface area contributed by atoms with Crippen LogP contribution in [-0.2, 0) is 22.6 Å². The number of likely N-dealkylation sites (tertiary alicyclic amines) is 1. The first-order valence-corrected chi connectivity index (χ1v) is 8.22. The molecule has 0 spiro atoms. The number of morpholine rings is 1. The predicted molar refractivity (Wildman–Crippen MR) is 85.4 cm³/mol. The van der Waals surface area contributed by atoms with Gasteiger partial charge < -0.3 is 15.4 Å². The van der Waals surface area contributed by atoms with Crippen molar-refractivity contribution in [3.8, 4) is 0 Å². The van der Waals surface area contributed by atoms with Crippen LogP contribution in [0.15, 0.2) is 24.3 Å². The van der Waals surface area contributed by atoms with Crippen molar-refractivity contribution in [2.45, 2.75) is 32.0 Å². The monoisotopic (exact) mass is 303 g/mol. The van der Waals surface area contributed by atoms with Crippen LogP contribution in [0.1, 0.15) is 24.0 Å². The first kappa shape index (κ1) is 15.5. The summed E-state index contributed by atoms with van der Waals surface area (Å²) in [5.41, 5.74) is 2.51. The fourth-order valence-electron chi connectivity index (χ4n) is 3.10. The van der Waals surface area contributed by atoms with Gasteiger partial charge in [0.15, 0.2) is 0 Å². The van der Waals surface area contributed by atoms with E-state index in [2.05, 4.69) is 33.7 Å². The van der Waals surface area contributed by atoms with Gasteiger partial charge in [0, 0.05) is 26.2 Å². The van der Waals surface area contributed by atoms with Crippen molar-refractivity contribution in [2.24, 2.45) is 0 Å². The molecule has 5 heteroatoms. The standard InChI is InChI=1S/C17H25N3O2/c21-17(16-12-18-7-10-22-16)19-11-14-5-1-2-6-15(14)13-20-8-3-4-9-20/h1-2,5-6,16,18H,3-4,7-13H2,(H,19,21). The van der Waals surface area contributed by atoms with E-state index in [4.69, 9.17) is 4.74 Å². The van der Waals surface area contributed by atoms with Gasteiger partial charge in [-0.1, -0.05) is 24.3 Å². The molecule has 1 amide bonds. The van der Waals surface area contributed by atoms with E-state index in [1.54, 1.807) is 0 Å². The molecule has 3 rings (SSSR count). The third kappa shape index (κ3) is 4.06. The Morgan fingerprint density at radius 1 is 1.27 bits per heavy atom. The molecule has 1 unspecified atom stereocenters. The molecule has 2 saturated heterocycles. The summed E-state index contributed by atoms with van der Waals surface area (Å²) in [6.45, 7) is 5.94. The Labute approximate surface area is 132 Å². The minimum Gasteiger partial charge on any atom is -0.366 e. The minimum atomic E-state index is -0.362. The van der Waals surface area contributed by atoms with Crippen molar-refractivity contribution in [1.82, 2.24) is 15.5 Å². The van der Waals surface area contributed by atoms with Crippen molar-refractivity contribution >= 4 is 5.91 Å². The number of nitrogens with one attached hydrogen (secondary N) is 2. The van der Waals surface area contributed by atoms with Crippen molar-refractivity contribution in [2.75, 3.05) is 32.8 Å². The number of ether oxygens (including phenoxy) is 1. The number of carbonyl (C=O) groups is 1. The Hall–Kier alpha value is -1.43. The number of amides is 1. The second kappa shape index (κ2) is 7.72. The van der Waals surface area contributed by atoms with Gasteiger partial charge in [-0.25, -0.2) is 0 Å². The maximum Gasteiger partial charge on any atom is 0.250 e. The van der Waals surface area contributed by atoms with Crippen molar-refractivity contribution < 1.29 is 9.53 Å². The largest absolute Gasteiger partial charge is 0.366 e. The number of carbonyl (C=O) groups excluding carboxylic acids is 1. The third-order valence-electron chi connectivity index (χ3n) is 4.38. The number of hydrogen-bond acceptors (Lipinski definition) is 4. The topological polar surface area (TPSA) is 53.6 Å². The highest BCUT2D eigenvalue weighted by Gasteiger charge is 2.21. The summed E-state index contributed by atoms with van der Waals surface area (Å²) in [5, 5.41) is 6.19. The van der Waals surface area contributed by atoms with E-state index in [0.717, 1.165) is 13.1 Å². The first-order valence-electron chi connectivity index (χ1n) is 8.22. The van der Waals surface area contributed by atoms with Crippen LogP contribution < -0.4 is 10.6 Å². The van der Waals surface area contributed by atoms with E-state index in [1.165, 1.54) is 37.1 Å². The Morgan fingerprint density at radius 3 is 2.77 bits per heavy atom. The van der Waals surface area contributed by atoms with E-state index in [1.807, 2.05) is 6.07 Å². The molecule has 2 N–H and O–H groups in total. The molecule has 2 heterocycles. The van der Waals surface area contributed by atoms with Gasteiger partial charge in [0.25, 0.3) is 5.91 Å². The molecule has 2 aliphatic rings. The van der Waals surface area contributed by atoms with E-state index < -0.39 is 0 Å². The second-order valence-electron chi connectivity index (χ2n) is 6.03. The zero-order valence-electron chi connectivity index (χ0n) is 13.0. The lowest BCUT2D eigenvalue weighted by atomic mass is 10.1. The minimum absolute atomic E-state index is 0.0248. The molecule has 0 aromatic heterocycles. The lowest BCUT2D eigenvalue weighted by Crippen LogP contribution is -2.47. The van der Waals surface area contributed by atoms with Gasteiger partial charge in [0.05, 0.1) is 6.61 Å². The molecule has 0 radical (unpaired) electrons. The van der Waals surface area contributed by atoms with E-state index in [-0.39, 0.29) is 12.0 Å². The van der Waals surface area contributed by atoms with Crippen molar-refractivity contribution in [3.63, 3.8) is 0 Å². The van der Waals surface area contributed by atoms with Crippen LogP contribution in [0, 0.1) is 0 Å². The van der Waals surface area contributed by atoms with Crippen LogP contribution in [0.2, 0.25) is 0 Å². The van der Waals surface area contributed by atoms with Gasteiger partial charge in [-0.3, -0.25) is 9.69 Å². The van der Waals surface area contributed by atoms with E-state index in [0.29, 0.717) is 19.7 Å². The van der Waals surface area contributed by atoms with Gasteiger partial charge in [0.1, 0.15) is 6.10 Å². The van der Waals surface area contributed by atoms with Crippen LogP contribution in [0.4, 0.5) is 0 Å². The summed E-state index contributed by atoms with van der Waals surface area (Å²) >= 11 is 0. The van der Waals surface area contributed by atoms with Crippen LogP contribution in [0.25, 0.3) is 0 Å². The molecular formula is C17H25N3O2. The number of rotatable bonds is 5. The van der Waals surface area contributed by atoms with E-state index >= 15 is 0 Å². The maximum atomic E-state index is 12.1. The van der Waals surface area contributed by atoms with Gasteiger partial charge in [-0.15, -0.1) is 0 Å². The summed E-state index contributed by atoms with van der Waals surface area (Å²) in [6, 6.07) is 8.38. The number of benzene rings is 1. The predicted octanol–water partition coefficient (Wildman–Crippen LogP) is 0.887. The Kier molecular flexibility index (Phi) is 5.43.